The van der Waals surface area contributed by atoms with E-state index in [1.807, 2.05) is 24.3 Å². The maximum Gasteiger partial charge on any atom is 0.151 e. The second-order valence-electron chi connectivity index (χ2n) is 4.60. The minimum Gasteiger partial charge on any atom is -0.298 e. The number of benzene rings is 2. The van der Waals surface area contributed by atoms with Crippen molar-refractivity contribution in [2.75, 3.05) is 0 Å². The molecule has 2 aromatic rings. The van der Waals surface area contributed by atoms with E-state index in [0.29, 0.717) is 16.5 Å². The highest BCUT2D eigenvalue weighted by molar-refractivity contribution is 6.33. The average Bonchev–Trinajstić information content (AvgIpc) is 2.38. The van der Waals surface area contributed by atoms with Gasteiger partial charge in [0.25, 0.3) is 0 Å². The van der Waals surface area contributed by atoms with Crippen LogP contribution in [0.5, 0.6) is 0 Å². The van der Waals surface area contributed by atoms with Gasteiger partial charge in [0.2, 0.25) is 0 Å². The summed E-state index contributed by atoms with van der Waals surface area (Å²) in [5.74, 6) is 0.450. The lowest BCUT2D eigenvalue weighted by Crippen LogP contribution is -1.92. The largest absolute Gasteiger partial charge is 0.298 e. The number of rotatable bonds is 3. The van der Waals surface area contributed by atoms with Gasteiger partial charge >= 0.3 is 0 Å². The summed E-state index contributed by atoms with van der Waals surface area (Å²) < 4.78 is 0. The van der Waals surface area contributed by atoms with Gasteiger partial charge in [0.1, 0.15) is 0 Å². The molecule has 0 spiro atoms. The lowest BCUT2D eigenvalue weighted by Gasteiger charge is -2.13. The van der Waals surface area contributed by atoms with Crippen LogP contribution in [-0.2, 0) is 0 Å². The molecule has 0 unspecified atom stereocenters. The first-order valence-electron chi connectivity index (χ1n) is 5.97. The van der Waals surface area contributed by atoms with Crippen LogP contribution in [0.4, 0.5) is 0 Å². The summed E-state index contributed by atoms with van der Waals surface area (Å²) in [6.07, 6.45) is 0.778. The van der Waals surface area contributed by atoms with Crippen molar-refractivity contribution in [3.8, 4) is 11.1 Å². The van der Waals surface area contributed by atoms with Gasteiger partial charge in [0, 0.05) is 5.56 Å². The van der Waals surface area contributed by atoms with Crippen LogP contribution in [0, 0.1) is 0 Å². The van der Waals surface area contributed by atoms with Gasteiger partial charge in [-0.25, -0.2) is 0 Å². The van der Waals surface area contributed by atoms with Crippen molar-refractivity contribution in [3.05, 3.63) is 58.6 Å². The summed E-state index contributed by atoms with van der Waals surface area (Å²) in [5.41, 5.74) is 4.04. The second kappa shape index (κ2) is 5.36. The van der Waals surface area contributed by atoms with Crippen molar-refractivity contribution in [1.82, 2.24) is 0 Å². The first kappa shape index (κ1) is 12.8. The van der Waals surface area contributed by atoms with Gasteiger partial charge in [-0.15, -0.1) is 0 Å². The van der Waals surface area contributed by atoms with Crippen LogP contribution >= 0.6 is 11.6 Å². The Morgan fingerprint density at radius 3 is 2.44 bits per heavy atom. The third-order valence-electron chi connectivity index (χ3n) is 3.02. The molecule has 2 rings (SSSR count). The van der Waals surface area contributed by atoms with Gasteiger partial charge in [-0.05, 0) is 34.7 Å². The molecule has 0 amide bonds. The minimum atomic E-state index is 0.450. The predicted octanol–water partition coefficient (Wildman–Crippen LogP) is 4.94. The van der Waals surface area contributed by atoms with Gasteiger partial charge in [-0.1, -0.05) is 55.8 Å². The Labute approximate surface area is 112 Å². The van der Waals surface area contributed by atoms with E-state index >= 15 is 0 Å². The number of hydrogen-bond donors (Lipinski definition) is 0. The van der Waals surface area contributed by atoms with Crippen LogP contribution in [0.2, 0.25) is 5.02 Å². The number of halogens is 1. The van der Waals surface area contributed by atoms with Crippen LogP contribution in [0.15, 0.2) is 42.5 Å². The smallest absolute Gasteiger partial charge is 0.151 e. The lowest BCUT2D eigenvalue weighted by molar-refractivity contribution is 0.112. The van der Waals surface area contributed by atoms with Crippen LogP contribution in [0.1, 0.15) is 35.7 Å². The quantitative estimate of drug-likeness (QED) is 0.713. The minimum absolute atomic E-state index is 0.450. The molecular weight excluding hydrogens is 244 g/mol. The van der Waals surface area contributed by atoms with E-state index in [-0.39, 0.29) is 0 Å². The summed E-state index contributed by atoms with van der Waals surface area (Å²) in [6.45, 7) is 4.33. The molecule has 0 saturated carbocycles. The van der Waals surface area contributed by atoms with Gasteiger partial charge in [0.15, 0.2) is 6.29 Å². The molecule has 0 fully saturated rings. The third-order valence-corrected chi connectivity index (χ3v) is 3.35. The number of hydrogen-bond acceptors (Lipinski definition) is 1. The molecule has 0 bridgehead atoms. The Hall–Kier alpha value is -1.60. The highest BCUT2D eigenvalue weighted by Crippen LogP contribution is 2.31. The normalized spacial score (nSPS) is 10.7. The molecule has 2 heteroatoms. The maximum absolute atomic E-state index is 10.8. The topological polar surface area (TPSA) is 17.1 Å². The Kier molecular flexibility index (Phi) is 3.83. The third kappa shape index (κ3) is 2.46. The van der Waals surface area contributed by atoms with Gasteiger partial charge < -0.3 is 0 Å². The standard InChI is InChI=1S/C16H15ClO/c1-11(2)14-5-3-4-6-15(14)12-7-8-13(10-18)16(17)9-12/h3-11H,1-2H3. The molecule has 0 atom stereocenters. The first-order chi connectivity index (χ1) is 8.63. The van der Waals surface area contributed by atoms with Crippen molar-refractivity contribution in [3.63, 3.8) is 0 Å². The van der Waals surface area contributed by atoms with Crippen molar-refractivity contribution >= 4 is 17.9 Å². The predicted molar refractivity (Wildman–Crippen MR) is 76.4 cm³/mol. The lowest BCUT2D eigenvalue weighted by atomic mass is 9.92. The van der Waals surface area contributed by atoms with E-state index in [0.717, 1.165) is 11.8 Å². The van der Waals surface area contributed by atoms with Crippen LogP contribution in [0.3, 0.4) is 0 Å². The summed E-state index contributed by atoms with van der Waals surface area (Å²) in [5, 5.41) is 0.501. The molecule has 0 aliphatic heterocycles. The fourth-order valence-corrected chi connectivity index (χ4v) is 2.28. The highest BCUT2D eigenvalue weighted by Gasteiger charge is 2.09. The molecule has 2 aromatic carbocycles. The molecule has 92 valence electrons. The van der Waals surface area contributed by atoms with E-state index in [1.54, 1.807) is 6.07 Å². The molecule has 0 aliphatic carbocycles. The first-order valence-corrected chi connectivity index (χ1v) is 6.35. The molecule has 1 nitrogen and oxygen atoms in total. The van der Waals surface area contributed by atoms with E-state index in [9.17, 15) is 4.79 Å². The molecule has 0 radical (unpaired) electrons. The zero-order valence-corrected chi connectivity index (χ0v) is 11.2. The molecular formula is C16H15ClO. The molecule has 0 N–H and O–H groups in total. The zero-order valence-electron chi connectivity index (χ0n) is 10.5. The zero-order chi connectivity index (χ0) is 13.1. The monoisotopic (exact) mass is 258 g/mol. The highest BCUT2D eigenvalue weighted by atomic mass is 35.5. The van der Waals surface area contributed by atoms with Gasteiger partial charge in [-0.3, -0.25) is 4.79 Å². The van der Waals surface area contributed by atoms with E-state index < -0.39 is 0 Å². The molecule has 0 aromatic heterocycles. The summed E-state index contributed by atoms with van der Waals surface area (Å²) in [7, 11) is 0. The van der Waals surface area contributed by atoms with Crippen LogP contribution < -0.4 is 0 Å². The van der Waals surface area contributed by atoms with Crippen molar-refractivity contribution < 1.29 is 4.79 Å². The fraction of sp³-hybridized carbons (Fsp3) is 0.188. The van der Waals surface area contributed by atoms with E-state index in [1.165, 1.54) is 11.1 Å². The molecule has 0 heterocycles. The summed E-state index contributed by atoms with van der Waals surface area (Å²) in [4.78, 5) is 10.8. The fourth-order valence-electron chi connectivity index (χ4n) is 2.05. The van der Waals surface area contributed by atoms with Gasteiger partial charge in [0.05, 0.1) is 5.02 Å². The Balaban J connectivity index is 2.55. The van der Waals surface area contributed by atoms with Crippen molar-refractivity contribution in [1.29, 1.82) is 0 Å². The molecule has 0 aliphatic rings. The number of carbonyl (C=O) groups excluding carboxylic acids is 1. The van der Waals surface area contributed by atoms with Crippen LogP contribution in [-0.4, -0.2) is 6.29 Å². The maximum atomic E-state index is 10.8. The second-order valence-corrected chi connectivity index (χ2v) is 5.00. The average molecular weight is 259 g/mol. The molecule has 18 heavy (non-hydrogen) atoms. The Morgan fingerprint density at radius 1 is 1.11 bits per heavy atom. The van der Waals surface area contributed by atoms with Gasteiger partial charge in [-0.2, -0.15) is 0 Å². The summed E-state index contributed by atoms with van der Waals surface area (Å²) >= 11 is 6.08. The molecule has 0 saturated heterocycles. The number of carbonyl (C=O) groups is 1. The van der Waals surface area contributed by atoms with E-state index in [4.69, 9.17) is 11.6 Å². The number of aldehydes is 1. The van der Waals surface area contributed by atoms with Crippen LogP contribution in [0.25, 0.3) is 11.1 Å². The summed E-state index contributed by atoms with van der Waals surface area (Å²) in [6, 6.07) is 13.8. The van der Waals surface area contributed by atoms with Crippen molar-refractivity contribution in [2.24, 2.45) is 0 Å². The van der Waals surface area contributed by atoms with E-state index in [2.05, 4.69) is 26.0 Å². The SMILES string of the molecule is CC(C)c1ccccc1-c1ccc(C=O)c(Cl)c1. The Morgan fingerprint density at radius 2 is 1.83 bits per heavy atom. The Bertz CT molecular complexity index is 573. The van der Waals surface area contributed by atoms with Crippen molar-refractivity contribution in [2.45, 2.75) is 19.8 Å².